The van der Waals surface area contributed by atoms with Crippen molar-refractivity contribution in [3.05, 3.63) is 95.8 Å². The highest BCUT2D eigenvalue weighted by Crippen LogP contribution is 2.24. The Balaban J connectivity index is 1.66. The fourth-order valence-electron chi connectivity index (χ4n) is 2.96. The summed E-state index contributed by atoms with van der Waals surface area (Å²) in [5.41, 5.74) is 3.93. The molecule has 6 heteroatoms. The molecule has 0 spiro atoms. The van der Waals surface area contributed by atoms with Crippen LogP contribution in [0.3, 0.4) is 0 Å². The normalized spacial score (nSPS) is 10.8. The maximum absolute atomic E-state index is 13.3. The van der Waals surface area contributed by atoms with Crippen LogP contribution in [0.1, 0.15) is 21.7 Å². The van der Waals surface area contributed by atoms with Crippen LogP contribution in [0.2, 0.25) is 0 Å². The molecule has 2 aromatic heterocycles. The Hall–Kier alpha value is -3.67. The number of aromatic nitrogens is 2. The number of aryl methyl sites for hydroxylation is 1. The minimum atomic E-state index is -0.311. The topological polar surface area (TPSA) is 60.1 Å². The number of hydrogen-bond donors (Lipinski definition) is 1. The second-order valence-corrected chi connectivity index (χ2v) is 6.41. The lowest BCUT2D eigenvalue weighted by atomic mass is 10.1. The molecule has 1 N–H and O–H groups in total. The van der Waals surface area contributed by atoms with Gasteiger partial charge in [-0.25, -0.2) is 9.07 Å². The van der Waals surface area contributed by atoms with Crippen LogP contribution >= 0.6 is 0 Å². The van der Waals surface area contributed by atoms with Gasteiger partial charge in [0.1, 0.15) is 5.82 Å². The van der Waals surface area contributed by atoms with Gasteiger partial charge in [0.15, 0.2) is 5.76 Å². The molecule has 0 saturated carbocycles. The molecule has 0 unspecified atom stereocenters. The quantitative estimate of drug-likeness (QED) is 0.558. The van der Waals surface area contributed by atoms with Crippen molar-refractivity contribution in [3.8, 4) is 16.9 Å². The summed E-state index contributed by atoms with van der Waals surface area (Å²) in [7, 11) is 0. The van der Waals surface area contributed by atoms with Crippen LogP contribution in [-0.4, -0.2) is 15.7 Å². The van der Waals surface area contributed by atoms with Gasteiger partial charge in [-0.3, -0.25) is 4.79 Å². The fraction of sp³-hybridized carbons (Fsp3) is 0.0909. The number of furan rings is 1. The number of benzene rings is 2. The van der Waals surface area contributed by atoms with Crippen molar-refractivity contribution in [1.29, 1.82) is 0 Å². The van der Waals surface area contributed by atoms with Crippen molar-refractivity contribution < 1.29 is 13.6 Å². The number of halogens is 1. The highest BCUT2D eigenvalue weighted by molar-refractivity contribution is 5.92. The molecule has 0 radical (unpaired) electrons. The third-order valence-electron chi connectivity index (χ3n) is 4.44. The van der Waals surface area contributed by atoms with Gasteiger partial charge in [-0.05, 0) is 49.4 Å². The number of nitrogens with zero attached hydrogens (tertiary/aromatic N) is 2. The van der Waals surface area contributed by atoms with Crippen molar-refractivity contribution in [1.82, 2.24) is 15.1 Å². The molecule has 0 fully saturated rings. The van der Waals surface area contributed by atoms with Gasteiger partial charge < -0.3 is 9.73 Å². The Morgan fingerprint density at radius 3 is 2.54 bits per heavy atom. The van der Waals surface area contributed by atoms with Crippen LogP contribution < -0.4 is 5.32 Å². The molecule has 0 aliphatic carbocycles. The Kier molecular flexibility index (Phi) is 4.76. The summed E-state index contributed by atoms with van der Waals surface area (Å²) in [6.45, 7) is 2.08. The zero-order chi connectivity index (χ0) is 19.5. The number of hydrogen-bond acceptors (Lipinski definition) is 3. The molecule has 5 nitrogen and oxygen atoms in total. The zero-order valence-corrected chi connectivity index (χ0v) is 15.2. The molecule has 0 saturated heterocycles. The summed E-state index contributed by atoms with van der Waals surface area (Å²) >= 11 is 0. The van der Waals surface area contributed by atoms with E-state index in [9.17, 15) is 9.18 Å². The van der Waals surface area contributed by atoms with E-state index >= 15 is 0 Å². The van der Waals surface area contributed by atoms with Crippen LogP contribution in [0.5, 0.6) is 0 Å². The Labute approximate surface area is 161 Å². The van der Waals surface area contributed by atoms with Crippen LogP contribution in [0.4, 0.5) is 4.39 Å². The van der Waals surface area contributed by atoms with E-state index in [2.05, 4.69) is 10.4 Å². The number of carbonyl (C=O) groups excluding carboxylic acids is 1. The van der Waals surface area contributed by atoms with Crippen LogP contribution in [-0.2, 0) is 6.54 Å². The third-order valence-corrected chi connectivity index (χ3v) is 4.44. The van der Waals surface area contributed by atoms with E-state index < -0.39 is 0 Å². The van der Waals surface area contributed by atoms with Crippen molar-refractivity contribution in [2.45, 2.75) is 13.5 Å². The van der Waals surface area contributed by atoms with Gasteiger partial charge >= 0.3 is 0 Å². The maximum Gasteiger partial charge on any atom is 0.287 e. The predicted molar refractivity (Wildman–Crippen MR) is 104 cm³/mol. The minimum Gasteiger partial charge on any atom is -0.459 e. The Bertz CT molecular complexity index is 1100. The first-order chi connectivity index (χ1) is 13.6. The lowest BCUT2D eigenvalue weighted by Gasteiger charge is -2.05. The summed E-state index contributed by atoms with van der Waals surface area (Å²) in [6, 6.07) is 17.5. The molecular formula is C22H18FN3O2. The second kappa shape index (κ2) is 7.52. The van der Waals surface area contributed by atoms with E-state index in [4.69, 9.17) is 4.42 Å². The molecule has 1 amide bonds. The van der Waals surface area contributed by atoms with Crippen LogP contribution in [0.15, 0.2) is 77.5 Å². The smallest absolute Gasteiger partial charge is 0.287 e. The van der Waals surface area contributed by atoms with Gasteiger partial charge in [-0.2, -0.15) is 5.10 Å². The number of rotatable bonds is 5. The van der Waals surface area contributed by atoms with Crippen LogP contribution in [0.25, 0.3) is 16.9 Å². The van der Waals surface area contributed by atoms with Crippen molar-refractivity contribution in [2.24, 2.45) is 0 Å². The van der Waals surface area contributed by atoms with E-state index in [1.165, 1.54) is 18.4 Å². The average molecular weight is 375 g/mol. The van der Waals surface area contributed by atoms with E-state index in [1.54, 1.807) is 22.9 Å². The third kappa shape index (κ3) is 3.57. The highest BCUT2D eigenvalue weighted by Gasteiger charge is 2.16. The molecule has 4 rings (SSSR count). The molecule has 2 aromatic carbocycles. The molecule has 28 heavy (non-hydrogen) atoms. The molecule has 0 bridgehead atoms. The standard InChI is InChI=1S/C22H18FN3O2/c1-15-11-12-28-21(15)22(27)24-13-17-14-26(19-5-3-2-4-6-19)25-20(17)16-7-9-18(23)10-8-16/h2-12,14H,13H2,1H3,(H,24,27). The molecule has 0 aliphatic heterocycles. The van der Waals surface area contributed by atoms with E-state index in [1.807, 2.05) is 43.5 Å². The summed E-state index contributed by atoms with van der Waals surface area (Å²) in [5.74, 6) is -0.312. The molecule has 0 atom stereocenters. The number of amides is 1. The lowest BCUT2D eigenvalue weighted by Crippen LogP contribution is -2.23. The molecule has 2 heterocycles. The highest BCUT2D eigenvalue weighted by atomic mass is 19.1. The van der Waals surface area contributed by atoms with Crippen molar-refractivity contribution >= 4 is 5.91 Å². The van der Waals surface area contributed by atoms with Crippen molar-refractivity contribution in [3.63, 3.8) is 0 Å². The van der Waals surface area contributed by atoms with Gasteiger partial charge in [0.2, 0.25) is 0 Å². The summed E-state index contributed by atoms with van der Waals surface area (Å²) < 4.78 is 20.3. The lowest BCUT2D eigenvalue weighted by molar-refractivity contribution is 0.0922. The Morgan fingerprint density at radius 2 is 1.86 bits per heavy atom. The fourth-order valence-corrected chi connectivity index (χ4v) is 2.96. The molecule has 140 valence electrons. The van der Waals surface area contributed by atoms with Gasteiger partial charge in [-0.15, -0.1) is 0 Å². The second-order valence-electron chi connectivity index (χ2n) is 6.41. The molecular weight excluding hydrogens is 357 g/mol. The van der Waals surface area contributed by atoms with Crippen LogP contribution in [0, 0.1) is 12.7 Å². The van der Waals surface area contributed by atoms with E-state index in [0.29, 0.717) is 11.5 Å². The first-order valence-corrected chi connectivity index (χ1v) is 8.84. The van der Waals surface area contributed by atoms with Gasteiger partial charge in [0.05, 0.1) is 17.6 Å². The van der Waals surface area contributed by atoms with E-state index in [0.717, 1.165) is 22.4 Å². The largest absolute Gasteiger partial charge is 0.459 e. The summed E-state index contributed by atoms with van der Waals surface area (Å²) in [6.07, 6.45) is 3.35. The monoisotopic (exact) mass is 375 g/mol. The SMILES string of the molecule is Cc1ccoc1C(=O)NCc1cn(-c2ccccc2)nc1-c1ccc(F)cc1. The van der Waals surface area contributed by atoms with Gasteiger partial charge in [0.25, 0.3) is 5.91 Å². The summed E-state index contributed by atoms with van der Waals surface area (Å²) in [4.78, 5) is 12.4. The van der Waals surface area contributed by atoms with Gasteiger partial charge in [-0.1, -0.05) is 18.2 Å². The first kappa shape index (κ1) is 17.7. The Morgan fingerprint density at radius 1 is 1.11 bits per heavy atom. The zero-order valence-electron chi connectivity index (χ0n) is 15.2. The number of carbonyl (C=O) groups is 1. The predicted octanol–water partition coefficient (Wildman–Crippen LogP) is 4.51. The summed E-state index contributed by atoms with van der Waals surface area (Å²) in [5, 5.41) is 7.53. The van der Waals surface area contributed by atoms with E-state index in [-0.39, 0.29) is 18.3 Å². The molecule has 4 aromatic rings. The average Bonchev–Trinajstić information content (AvgIpc) is 3.34. The maximum atomic E-state index is 13.3. The number of para-hydroxylation sites is 1. The minimum absolute atomic E-state index is 0.262. The molecule has 0 aliphatic rings. The number of nitrogens with one attached hydrogen (secondary N) is 1. The first-order valence-electron chi connectivity index (χ1n) is 8.84. The van der Waals surface area contributed by atoms with Crippen molar-refractivity contribution in [2.75, 3.05) is 0 Å². The van der Waals surface area contributed by atoms with Gasteiger partial charge in [0, 0.05) is 29.4 Å².